The molecule has 0 spiro atoms. The molecule has 3 rings (SSSR count). The molecule has 0 unspecified atom stereocenters. The molecule has 22 heavy (non-hydrogen) atoms. The standard InChI is InChI=1S/C16H19N5O/c1-12-15(13(2)22-19-12)11-20-5-7-21(8-6-20)16-4-3-14(9-17)10-18-16/h3-4,10H,5-8,11H2,1-2H3. The molecule has 2 aromatic heterocycles. The number of piperazine rings is 1. The minimum Gasteiger partial charge on any atom is -0.361 e. The first kappa shape index (κ1) is 14.5. The van der Waals surface area contributed by atoms with Gasteiger partial charge in [0.2, 0.25) is 0 Å². The van der Waals surface area contributed by atoms with Crippen molar-refractivity contribution in [3.8, 4) is 6.07 Å². The van der Waals surface area contributed by atoms with E-state index in [0.717, 1.165) is 50.0 Å². The van der Waals surface area contributed by atoms with Crippen molar-refractivity contribution >= 4 is 5.82 Å². The Balaban J connectivity index is 1.59. The van der Waals surface area contributed by atoms with E-state index in [1.807, 2.05) is 26.0 Å². The lowest BCUT2D eigenvalue weighted by atomic mass is 10.2. The highest BCUT2D eigenvalue weighted by Gasteiger charge is 2.20. The number of nitrogens with zero attached hydrogens (tertiary/aromatic N) is 5. The number of aryl methyl sites for hydroxylation is 2. The number of anilines is 1. The summed E-state index contributed by atoms with van der Waals surface area (Å²) < 4.78 is 5.23. The quantitative estimate of drug-likeness (QED) is 0.861. The fraction of sp³-hybridized carbons (Fsp3) is 0.438. The lowest BCUT2D eigenvalue weighted by molar-refractivity contribution is 0.247. The van der Waals surface area contributed by atoms with Crippen LogP contribution in [-0.2, 0) is 6.54 Å². The molecule has 1 aliphatic heterocycles. The fourth-order valence-electron chi connectivity index (χ4n) is 2.73. The highest BCUT2D eigenvalue weighted by atomic mass is 16.5. The van der Waals surface area contributed by atoms with Crippen molar-refractivity contribution in [2.24, 2.45) is 0 Å². The van der Waals surface area contributed by atoms with Crippen molar-refractivity contribution in [1.82, 2.24) is 15.0 Å². The number of hydrogen-bond donors (Lipinski definition) is 0. The topological polar surface area (TPSA) is 69.2 Å². The first-order valence-electron chi connectivity index (χ1n) is 7.42. The van der Waals surface area contributed by atoms with Gasteiger partial charge in [0.25, 0.3) is 0 Å². The van der Waals surface area contributed by atoms with Crippen LogP contribution in [0, 0.1) is 25.2 Å². The van der Waals surface area contributed by atoms with Crippen LogP contribution in [0.4, 0.5) is 5.82 Å². The third-order valence-corrected chi connectivity index (χ3v) is 4.14. The monoisotopic (exact) mass is 297 g/mol. The predicted molar refractivity (Wildman–Crippen MR) is 82.4 cm³/mol. The number of hydrogen-bond acceptors (Lipinski definition) is 6. The lowest BCUT2D eigenvalue weighted by Gasteiger charge is -2.35. The van der Waals surface area contributed by atoms with Crippen LogP contribution in [0.15, 0.2) is 22.9 Å². The minimum atomic E-state index is 0.598. The van der Waals surface area contributed by atoms with Gasteiger partial charge in [-0.15, -0.1) is 0 Å². The zero-order valence-electron chi connectivity index (χ0n) is 12.9. The van der Waals surface area contributed by atoms with Crippen molar-refractivity contribution in [1.29, 1.82) is 5.26 Å². The first-order chi connectivity index (χ1) is 10.7. The molecule has 0 radical (unpaired) electrons. The third kappa shape index (κ3) is 2.95. The molecule has 6 heteroatoms. The van der Waals surface area contributed by atoms with E-state index < -0.39 is 0 Å². The van der Waals surface area contributed by atoms with Crippen LogP contribution >= 0.6 is 0 Å². The molecule has 2 aromatic rings. The average Bonchev–Trinajstić information content (AvgIpc) is 2.88. The van der Waals surface area contributed by atoms with Gasteiger partial charge in [0.05, 0.1) is 11.3 Å². The van der Waals surface area contributed by atoms with Crippen LogP contribution in [0.2, 0.25) is 0 Å². The summed E-state index contributed by atoms with van der Waals surface area (Å²) in [5, 5.41) is 12.8. The van der Waals surface area contributed by atoms with E-state index in [0.29, 0.717) is 5.56 Å². The largest absolute Gasteiger partial charge is 0.361 e. The molecule has 0 N–H and O–H groups in total. The van der Waals surface area contributed by atoms with Gasteiger partial charge in [-0.1, -0.05) is 5.16 Å². The molecule has 0 atom stereocenters. The molecule has 0 bridgehead atoms. The second-order valence-electron chi connectivity index (χ2n) is 5.58. The Morgan fingerprint density at radius 1 is 1.23 bits per heavy atom. The van der Waals surface area contributed by atoms with Gasteiger partial charge < -0.3 is 9.42 Å². The maximum absolute atomic E-state index is 8.82. The van der Waals surface area contributed by atoms with E-state index in [9.17, 15) is 0 Å². The highest BCUT2D eigenvalue weighted by Crippen LogP contribution is 2.18. The normalized spacial score (nSPS) is 15.8. The molecule has 0 amide bonds. The Labute approximate surface area is 129 Å². The molecular weight excluding hydrogens is 278 g/mol. The lowest BCUT2D eigenvalue weighted by Crippen LogP contribution is -2.46. The third-order valence-electron chi connectivity index (χ3n) is 4.14. The van der Waals surface area contributed by atoms with Crippen LogP contribution < -0.4 is 4.90 Å². The van der Waals surface area contributed by atoms with Crippen molar-refractivity contribution < 1.29 is 4.52 Å². The van der Waals surface area contributed by atoms with Gasteiger partial charge in [0.15, 0.2) is 0 Å². The van der Waals surface area contributed by atoms with E-state index in [1.165, 1.54) is 5.56 Å². The van der Waals surface area contributed by atoms with Crippen LogP contribution in [0.1, 0.15) is 22.6 Å². The zero-order valence-corrected chi connectivity index (χ0v) is 12.9. The van der Waals surface area contributed by atoms with Crippen molar-refractivity contribution in [2.45, 2.75) is 20.4 Å². The number of pyridine rings is 1. The summed E-state index contributed by atoms with van der Waals surface area (Å²) in [5.74, 6) is 1.85. The molecule has 3 heterocycles. The molecule has 0 aromatic carbocycles. The fourth-order valence-corrected chi connectivity index (χ4v) is 2.73. The van der Waals surface area contributed by atoms with Crippen molar-refractivity contribution in [3.63, 3.8) is 0 Å². The molecule has 0 aliphatic carbocycles. The second-order valence-corrected chi connectivity index (χ2v) is 5.58. The Kier molecular flexibility index (Phi) is 4.07. The molecule has 0 saturated carbocycles. The minimum absolute atomic E-state index is 0.598. The van der Waals surface area contributed by atoms with Crippen molar-refractivity contribution in [3.05, 3.63) is 40.9 Å². The Morgan fingerprint density at radius 2 is 2.00 bits per heavy atom. The van der Waals surface area contributed by atoms with Gasteiger partial charge in [0.1, 0.15) is 17.6 Å². The molecular formula is C16H19N5O. The van der Waals surface area contributed by atoms with Crippen LogP contribution in [0.3, 0.4) is 0 Å². The Bertz CT molecular complexity index is 658. The van der Waals surface area contributed by atoms with Crippen LogP contribution in [0.25, 0.3) is 0 Å². The summed E-state index contributed by atoms with van der Waals surface area (Å²) in [6.45, 7) is 8.66. The maximum Gasteiger partial charge on any atom is 0.138 e. The number of rotatable bonds is 3. The average molecular weight is 297 g/mol. The van der Waals surface area contributed by atoms with Crippen LogP contribution in [-0.4, -0.2) is 41.2 Å². The molecule has 1 saturated heterocycles. The zero-order chi connectivity index (χ0) is 15.5. The summed E-state index contributed by atoms with van der Waals surface area (Å²) in [6, 6.07) is 5.83. The van der Waals surface area contributed by atoms with E-state index in [2.05, 4.69) is 26.0 Å². The van der Waals surface area contributed by atoms with Gasteiger partial charge in [-0.2, -0.15) is 5.26 Å². The summed E-state index contributed by atoms with van der Waals surface area (Å²) in [5.41, 5.74) is 2.78. The van der Waals surface area contributed by atoms with Gasteiger partial charge in [-0.3, -0.25) is 4.90 Å². The predicted octanol–water partition coefficient (Wildman–Crippen LogP) is 1.88. The summed E-state index contributed by atoms with van der Waals surface area (Å²) in [4.78, 5) is 9.03. The Hall–Kier alpha value is -2.39. The molecule has 114 valence electrons. The Morgan fingerprint density at radius 3 is 2.55 bits per heavy atom. The SMILES string of the molecule is Cc1noc(C)c1CN1CCN(c2ccc(C#N)cn2)CC1. The number of aromatic nitrogens is 2. The molecule has 6 nitrogen and oxygen atoms in total. The number of nitriles is 1. The summed E-state index contributed by atoms with van der Waals surface area (Å²) >= 11 is 0. The van der Waals surface area contributed by atoms with Gasteiger partial charge >= 0.3 is 0 Å². The van der Waals surface area contributed by atoms with Gasteiger partial charge in [-0.05, 0) is 26.0 Å². The van der Waals surface area contributed by atoms with Gasteiger partial charge in [-0.25, -0.2) is 4.98 Å². The highest BCUT2D eigenvalue weighted by molar-refractivity contribution is 5.42. The van der Waals surface area contributed by atoms with E-state index in [-0.39, 0.29) is 0 Å². The van der Waals surface area contributed by atoms with E-state index in [4.69, 9.17) is 9.78 Å². The molecule has 1 fully saturated rings. The second kappa shape index (κ2) is 6.16. The van der Waals surface area contributed by atoms with Crippen LogP contribution in [0.5, 0.6) is 0 Å². The van der Waals surface area contributed by atoms with E-state index in [1.54, 1.807) is 6.20 Å². The maximum atomic E-state index is 8.82. The van der Waals surface area contributed by atoms with E-state index >= 15 is 0 Å². The molecule has 1 aliphatic rings. The summed E-state index contributed by atoms with van der Waals surface area (Å²) in [6.07, 6.45) is 1.63. The smallest absolute Gasteiger partial charge is 0.138 e. The van der Waals surface area contributed by atoms with Crippen molar-refractivity contribution in [2.75, 3.05) is 31.1 Å². The summed E-state index contributed by atoms with van der Waals surface area (Å²) in [7, 11) is 0. The first-order valence-corrected chi connectivity index (χ1v) is 7.42. The van der Waals surface area contributed by atoms with Gasteiger partial charge in [0, 0.05) is 44.5 Å².